The average molecular weight is 288 g/mol. The topological polar surface area (TPSA) is 98.6 Å². The molecule has 0 fully saturated rings. The number of hydrogen-bond donors (Lipinski definition) is 1. The summed E-state index contributed by atoms with van der Waals surface area (Å²) in [7, 11) is 1.52. The fraction of sp³-hybridized carbons (Fsp3) is 0.231. The zero-order chi connectivity index (χ0) is 15.0. The van der Waals surface area contributed by atoms with Gasteiger partial charge in [0.25, 0.3) is 0 Å². The van der Waals surface area contributed by atoms with Crippen LogP contribution in [0.4, 0.5) is 0 Å². The van der Waals surface area contributed by atoms with Crippen LogP contribution in [0.1, 0.15) is 17.4 Å². The van der Waals surface area contributed by atoms with E-state index in [4.69, 9.17) is 9.47 Å². The smallest absolute Gasteiger partial charge is 0.368 e. The highest BCUT2D eigenvalue weighted by Crippen LogP contribution is 2.23. The number of H-pyrrole nitrogens is 1. The van der Waals surface area contributed by atoms with Crippen LogP contribution in [0, 0.1) is 0 Å². The quantitative estimate of drug-likeness (QED) is 0.714. The number of carbonyl (C=O) groups is 1. The summed E-state index contributed by atoms with van der Waals surface area (Å²) in [4.78, 5) is 27.8. The lowest BCUT2D eigenvalue weighted by molar-refractivity contribution is 0.0522. The van der Waals surface area contributed by atoms with E-state index < -0.39 is 11.7 Å². The maximum absolute atomic E-state index is 12.0. The number of methoxy groups -OCH3 is 1. The second kappa shape index (κ2) is 4.89. The highest BCUT2D eigenvalue weighted by atomic mass is 16.5. The second-order valence-corrected chi connectivity index (χ2v) is 4.24. The number of aromatic amines is 1. The monoisotopic (exact) mass is 288 g/mol. The first-order chi connectivity index (χ1) is 10.2. The Morgan fingerprint density at radius 1 is 1.43 bits per heavy atom. The van der Waals surface area contributed by atoms with E-state index in [1.165, 1.54) is 7.11 Å². The molecule has 3 aromatic rings. The summed E-state index contributed by atoms with van der Waals surface area (Å²) in [5.74, 6) is -0.0288. The summed E-state index contributed by atoms with van der Waals surface area (Å²) in [6.07, 6.45) is 0. The van der Waals surface area contributed by atoms with Gasteiger partial charge < -0.3 is 9.47 Å². The van der Waals surface area contributed by atoms with Gasteiger partial charge in [0, 0.05) is 11.5 Å². The molecule has 2 heterocycles. The molecule has 0 bridgehead atoms. The standard InChI is InChI=1S/C13H12N4O4/c1-3-21-12(18)10-11-8-5-4-7(20-2)6-9(8)14-13(19)17(11)16-15-10/h4-6,16H,3H2,1-2H3. The molecule has 8 nitrogen and oxygen atoms in total. The first kappa shape index (κ1) is 13.1. The molecule has 0 atom stereocenters. The molecule has 108 valence electrons. The van der Waals surface area contributed by atoms with Crippen molar-refractivity contribution in [2.45, 2.75) is 6.92 Å². The van der Waals surface area contributed by atoms with Gasteiger partial charge >= 0.3 is 11.7 Å². The van der Waals surface area contributed by atoms with Crippen molar-refractivity contribution in [2.24, 2.45) is 0 Å². The third kappa shape index (κ3) is 2.00. The number of esters is 1. The number of carbonyl (C=O) groups excluding carboxylic acids is 1. The minimum atomic E-state index is -0.598. The molecule has 1 aromatic carbocycles. The van der Waals surface area contributed by atoms with Crippen molar-refractivity contribution in [3.8, 4) is 5.75 Å². The van der Waals surface area contributed by atoms with E-state index in [9.17, 15) is 9.59 Å². The van der Waals surface area contributed by atoms with Gasteiger partial charge in [0.05, 0.1) is 19.2 Å². The van der Waals surface area contributed by atoms with Crippen molar-refractivity contribution >= 4 is 22.4 Å². The predicted molar refractivity (Wildman–Crippen MR) is 73.6 cm³/mol. The molecule has 0 amide bonds. The van der Waals surface area contributed by atoms with Gasteiger partial charge in [-0.05, 0) is 19.1 Å². The SMILES string of the molecule is CCOC(=O)c1n[nH]n2c(=O)nc3cc(OC)ccc3c12. The first-order valence-electron chi connectivity index (χ1n) is 6.27. The Morgan fingerprint density at radius 2 is 2.24 bits per heavy atom. The van der Waals surface area contributed by atoms with Crippen LogP contribution in [0.3, 0.4) is 0 Å². The number of aromatic nitrogens is 4. The lowest BCUT2D eigenvalue weighted by Crippen LogP contribution is -2.18. The molecule has 0 saturated heterocycles. The van der Waals surface area contributed by atoms with Crippen molar-refractivity contribution in [1.82, 2.24) is 19.8 Å². The van der Waals surface area contributed by atoms with Crippen LogP contribution in [-0.4, -0.2) is 39.5 Å². The Kier molecular flexibility index (Phi) is 3.05. The van der Waals surface area contributed by atoms with Gasteiger partial charge in [0.2, 0.25) is 0 Å². The molecule has 1 N–H and O–H groups in total. The van der Waals surface area contributed by atoms with Crippen molar-refractivity contribution in [3.63, 3.8) is 0 Å². The molecule has 0 aliphatic carbocycles. The summed E-state index contributed by atoms with van der Waals surface area (Å²) in [5.41, 5.74) is 0.248. The minimum Gasteiger partial charge on any atom is -0.497 e. The van der Waals surface area contributed by atoms with Gasteiger partial charge in [-0.2, -0.15) is 9.50 Å². The number of fused-ring (bicyclic) bond motifs is 3. The molecular formula is C13H12N4O4. The molecule has 0 spiro atoms. The zero-order valence-corrected chi connectivity index (χ0v) is 11.4. The Bertz CT molecular complexity index is 896. The summed E-state index contributed by atoms with van der Waals surface area (Å²) in [5, 5.41) is 6.94. The highest BCUT2D eigenvalue weighted by Gasteiger charge is 2.19. The van der Waals surface area contributed by atoms with E-state index in [2.05, 4.69) is 15.3 Å². The molecule has 3 rings (SSSR count). The van der Waals surface area contributed by atoms with Gasteiger partial charge in [-0.25, -0.2) is 14.8 Å². The lowest BCUT2D eigenvalue weighted by Gasteiger charge is -2.04. The molecule has 0 aliphatic heterocycles. The average Bonchev–Trinajstić information content (AvgIpc) is 2.92. The van der Waals surface area contributed by atoms with E-state index in [-0.39, 0.29) is 12.3 Å². The maximum atomic E-state index is 12.0. The Hall–Kier alpha value is -2.90. The number of rotatable bonds is 3. The normalized spacial score (nSPS) is 11.0. The largest absolute Gasteiger partial charge is 0.497 e. The Labute approximate surface area is 118 Å². The van der Waals surface area contributed by atoms with Crippen LogP contribution in [-0.2, 0) is 4.74 Å². The number of nitrogens with zero attached hydrogens (tertiary/aromatic N) is 3. The van der Waals surface area contributed by atoms with E-state index >= 15 is 0 Å². The van der Waals surface area contributed by atoms with Crippen LogP contribution in [0.15, 0.2) is 23.0 Å². The Balaban J connectivity index is 2.38. The fourth-order valence-corrected chi connectivity index (χ4v) is 2.12. The van der Waals surface area contributed by atoms with E-state index in [0.29, 0.717) is 22.2 Å². The molecule has 8 heteroatoms. The molecule has 2 aromatic heterocycles. The van der Waals surface area contributed by atoms with Gasteiger partial charge in [-0.3, -0.25) is 0 Å². The van der Waals surface area contributed by atoms with E-state index in [1.54, 1.807) is 25.1 Å². The number of ether oxygens (including phenoxy) is 2. The number of nitrogens with one attached hydrogen (secondary N) is 1. The molecule has 0 radical (unpaired) electrons. The lowest BCUT2D eigenvalue weighted by atomic mass is 10.2. The molecular weight excluding hydrogens is 276 g/mol. The third-order valence-corrected chi connectivity index (χ3v) is 3.05. The van der Waals surface area contributed by atoms with Gasteiger partial charge in [0.1, 0.15) is 11.3 Å². The van der Waals surface area contributed by atoms with Gasteiger partial charge in [0.15, 0.2) is 5.69 Å². The predicted octanol–water partition coefficient (Wildman–Crippen LogP) is 0.756. The van der Waals surface area contributed by atoms with Crippen molar-refractivity contribution in [3.05, 3.63) is 34.4 Å². The summed E-state index contributed by atoms with van der Waals surface area (Å²) < 4.78 is 11.2. The van der Waals surface area contributed by atoms with Crippen LogP contribution < -0.4 is 10.4 Å². The van der Waals surface area contributed by atoms with Crippen LogP contribution >= 0.6 is 0 Å². The number of hydrogen-bond acceptors (Lipinski definition) is 6. The third-order valence-electron chi connectivity index (χ3n) is 3.05. The van der Waals surface area contributed by atoms with Gasteiger partial charge in [-0.1, -0.05) is 0 Å². The molecule has 0 unspecified atom stereocenters. The van der Waals surface area contributed by atoms with Gasteiger partial charge in [-0.15, -0.1) is 5.10 Å². The zero-order valence-electron chi connectivity index (χ0n) is 11.4. The van der Waals surface area contributed by atoms with Crippen molar-refractivity contribution in [2.75, 3.05) is 13.7 Å². The van der Waals surface area contributed by atoms with Crippen molar-refractivity contribution in [1.29, 1.82) is 0 Å². The highest BCUT2D eigenvalue weighted by molar-refractivity contribution is 6.05. The molecule has 21 heavy (non-hydrogen) atoms. The summed E-state index contributed by atoms with van der Waals surface area (Å²) >= 11 is 0. The van der Waals surface area contributed by atoms with Crippen molar-refractivity contribution < 1.29 is 14.3 Å². The summed E-state index contributed by atoms with van der Waals surface area (Å²) in [6, 6.07) is 5.06. The summed E-state index contributed by atoms with van der Waals surface area (Å²) in [6.45, 7) is 1.92. The number of benzene rings is 1. The maximum Gasteiger partial charge on any atom is 0.368 e. The second-order valence-electron chi connectivity index (χ2n) is 4.24. The van der Waals surface area contributed by atoms with Crippen LogP contribution in [0.5, 0.6) is 5.75 Å². The van der Waals surface area contributed by atoms with Crippen LogP contribution in [0.2, 0.25) is 0 Å². The van der Waals surface area contributed by atoms with Crippen LogP contribution in [0.25, 0.3) is 16.4 Å². The minimum absolute atomic E-state index is 0.0477. The molecule has 0 saturated carbocycles. The fourth-order valence-electron chi connectivity index (χ4n) is 2.12. The van der Waals surface area contributed by atoms with E-state index in [1.807, 2.05) is 0 Å². The first-order valence-corrected chi connectivity index (χ1v) is 6.27. The Morgan fingerprint density at radius 3 is 2.95 bits per heavy atom. The molecule has 0 aliphatic rings. The van der Waals surface area contributed by atoms with E-state index in [0.717, 1.165) is 4.52 Å².